The van der Waals surface area contributed by atoms with E-state index in [-0.39, 0.29) is 36.5 Å². The van der Waals surface area contributed by atoms with Crippen LogP contribution in [0.4, 0.5) is 5.69 Å². The number of hydrogen-bond donors (Lipinski definition) is 2. The number of halogens is 1. The number of quaternary nitrogens is 1. The average molecular weight is 346 g/mol. The Hall–Kier alpha value is -3.11. The molecular weight excluding hydrogens is 334 g/mol. The summed E-state index contributed by atoms with van der Waals surface area (Å²) in [7, 11) is 0. The molecule has 0 spiro atoms. The summed E-state index contributed by atoms with van der Waals surface area (Å²) in [6.07, 6.45) is 4.67. The van der Waals surface area contributed by atoms with Gasteiger partial charge in [0.2, 0.25) is 17.5 Å². The zero-order valence-corrected chi connectivity index (χ0v) is 13.1. The van der Waals surface area contributed by atoms with Crippen molar-refractivity contribution in [2.24, 2.45) is 0 Å². The number of amides is 1. The van der Waals surface area contributed by atoms with Crippen molar-refractivity contribution in [2.75, 3.05) is 11.9 Å². The van der Waals surface area contributed by atoms with Gasteiger partial charge in [-0.05, 0) is 18.2 Å². The van der Waals surface area contributed by atoms with Gasteiger partial charge in [0.15, 0.2) is 6.54 Å². The maximum Gasteiger partial charge on any atom is 0.279 e. The molecule has 0 saturated carbocycles. The third-order valence-electron chi connectivity index (χ3n) is 2.75. The molecular formula is C13H12ClN9O. The van der Waals surface area contributed by atoms with Crippen LogP contribution in [0.3, 0.4) is 0 Å². The SMILES string of the molecule is [Cl-].[NH3+]CC(=O)Nc1ccc(-c2nnc(-c3ncccn3)nn2)nc1. The predicted octanol–water partition coefficient (Wildman–Crippen LogP) is -4.03. The maximum atomic E-state index is 11.3. The van der Waals surface area contributed by atoms with E-state index in [4.69, 9.17) is 0 Å². The molecule has 3 aromatic heterocycles. The van der Waals surface area contributed by atoms with Crippen LogP contribution in [0.2, 0.25) is 0 Å². The highest BCUT2D eigenvalue weighted by atomic mass is 35.5. The molecule has 0 bridgehead atoms. The normalized spacial score (nSPS) is 9.88. The van der Waals surface area contributed by atoms with E-state index in [1.165, 1.54) is 6.20 Å². The summed E-state index contributed by atoms with van der Waals surface area (Å²) in [6.45, 7) is 0.154. The number of pyridine rings is 1. The third-order valence-corrected chi connectivity index (χ3v) is 2.75. The summed E-state index contributed by atoms with van der Waals surface area (Å²) >= 11 is 0. The predicted molar refractivity (Wildman–Crippen MR) is 78.3 cm³/mol. The van der Waals surface area contributed by atoms with E-state index in [1.54, 1.807) is 30.6 Å². The summed E-state index contributed by atoms with van der Waals surface area (Å²) in [5.74, 6) is 0.651. The molecule has 0 aliphatic rings. The summed E-state index contributed by atoms with van der Waals surface area (Å²) in [6, 6.07) is 5.04. The van der Waals surface area contributed by atoms with Crippen LogP contribution in [0.5, 0.6) is 0 Å². The van der Waals surface area contributed by atoms with E-state index in [1.807, 2.05) is 0 Å². The first-order chi connectivity index (χ1) is 11.3. The van der Waals surface area contributed by atoms with Crippen LogP contribution in [0.1, 0.15) is 0 Å². The molecule has 24 heavy (non-hydrogen) atoms. The Morgan fingerprint density at radius 1 is 0.958 bits per heavy atom. The Morgan fingerprint density at radius 2 is 1.62 bits per heavy atom. The number of anilines is 1. The summed E-state index contributed by atoms with van der Waals surface area (Å²) in [5, 5.41) is 18.5. The minimum Gasteiger partial charge on any atom is -1.00 e. The number of aromatic nitrogens is 7. The first kappa shape index (κ1) is 17.2. The van der Waals surface area contributed by atoms with E-state index in [0.717, 1.165) is 0 Å². The molecule has 0 aliphatic carbocycles. The lowest BCUT2D eigenvalue weighted by molar-refractivity contribution is -0.353. The quantitative estimate of drug-likeness (QED) is 0.486. The van der Waals surface area contributed by atoms with Gasteiger partial charge >= 0.3 is 0 Å². The van der Waals surface area contributed by atoms with Gasteiger partial charge in [-0.25, -0.2) is 9.97 Å². The van der Waals surface area contributed by atoms with Gasteiger partial charge in [0.1, 0.15) is 5.69 Å². The molecule has 10 nitrogen and oxygen atoms in total. The van der Waals surface area contributed by atoms with Crippen LogP contribution in [-0.4, -0.2) is 47.8 Å². The lowest BCUT2D eigenvalue weighted by Crippen LogP contribution is -3.00. The summed E-state index contributed by atoms with van der Waals surface area (Å²) in [5.41, 5.74) is 4.55. The second kappa shape index (κ2) is 7.94. The maximum absolute atomic E-state index is 11.3. The molecule has 4 N–H and O–H groups in total. The molecule has 0 aromatic carbocycles. The molecule has 122 valence electrons. The van der Waals surface area contributed by atoms with Crippen molar-refractivity contribution in [1.29, 1.82) is 0 Å². The van der Waals surface area contributed by atoms with Crippen LogP contribution in [0.25, 0.3) is 23.2 Å². The van der Waals surface area contributed by atoms with Gasteiger partial charge in [0.25, 0.3) is 5.91 Å². The second-order valence-corrected chi connectivity index (χ2v) is 4.35. The highest BCUT2D eigenvalue weighted by Crippen LogP contribution is 2.14. The van der Waals surface area contributed by atoms with Crippen molar-refractivity contribution < 1.29 is 22.9 Å². The Bertz CT molecular complexity index is 796. The highest BCUT2D eigenvalue weighted by Gasteiger charge is 2.09. The molecule has 0 radical (unpaired) electrons. The lowest BCUT2D eigenvalue weighted by Gasteiger charge is -2.03. The average Bonchev–Trinajstić information content (AvgIpc) is 2.63. The molecule has 1 amide bonds. The Morgan fingerprint density at radius 3 is 2.21 bits per heavy atom. The Labute approximate surface area is 142 Å². The number of rotatable bonds is 4. The van der Waals surface area contributed by atoms with Gasteiger partial charge < -0.3 is 23.5 Å². The minimum absolute atomic E-state index is 0. The molecule has 0 unspecified atom stereocenters. The van der Waals surface area contributed by atoms with Crippen LogP contribution < -0.4 is 23.5 Å². The third kappa shape index (κ3) is 4.00. The smallest absolute Gasteiger partial charge is 0.279 e. The fourth-order valence-electron chi connectivity index (χ4n) is 1.66. The zero-order chi connectivity index (χ0) is 16.1. The fourth-order valence-corrected chi connectivity index (χ4v) is 1.66. The molecule has 3 rings (SSSR count). The summed E-state index contributed by atoms with van der Waals surface area (Å²) < 4.78 is 0. The number of hydrogen-bond acceptors (Lipinski definition) is 8. The van der Waals surface area contributed by atoms with Crippen molar-refractivity contribution in [3.63, 3.8) is 0 Å². The molecule has 11 heteroatoms. The fraction of sp³-hybridized carbons (Fsp3) is 0.0769. The van der Waals surface area contributed by atoms with Crippen molar-refractivity contribution in [1.82, 2.24) is 35.3 Å². The number of nitrogens with one attached hydrogen (secondary N) is 1. The van der Waals surface area contributed by atoms with Crippen LogP contribution >= 0.6 is 0 Å². The van der Waals surface area contributed by atoms with Crippen molar-refractivity contribution in [2.45, 2.75) is 0 Å². The highest BCUT2D eigenvalue weighted by molar-refractivity contribution is 5.91. The monoisotopic (exact) mass is 345 g/mol. The second-order valence-electron chi connectivity index (χ2n) is 4.35. The van der Waals surface area contributed by atoms with Crippen LogP contribution in [0.15, 0.2) is 36.8 Å². The van der Waals surface area contributed by atoms with E-state index in [9.17, 15) is 4.79 Å². The minimum atomic E-state index is -0.189. The van der Waals surface area contributed by atoms with Crippen LogP contribution in [0, 0.1) is 0 Å². The molecule has 3 aromatic rings. The largest absolute Gasteiger partial charge is 1.00 e. The standard InChI is InChI=1S/C13H11N9O.ClH/c14-6-10(23)18-8-2-3-9(17-7-8)11-19-21-13(22-20-11)12-15-4-1-5-16-12;/h1-5,7H,6,14H2,(H,18,23);1H. The van der Waals surface area contributed by atoms with Crippen molar-refractivity contribution in [3.05, 3.63) is 36.8 Å². The first-order valence-corrected chi connectivity index (χ1v) is 6.66. The van der Waals surface area contributed by atoms with Crippen LogP contribution in [-0.2, 0) is 4.79 Å². The van der Waals surface area contributed by atoms with E-state index in [2.05, 4.69) is 46.4 Å². The Kier molecular flexibility index (Phi) is 5.71. The molecule has 0 aliphatic heterocycles. The van der Waals surface area contributed by atoms with Gasteiger partial charge in [-0.3, -0.25) is 9.78 Å². The molecule has 0 atom stereocenters. The van der Waals surface area contributed by atoms with Crippen molar-refractivity contribution >= 4 is 11.6 Å². The van der Waals surface area contributed by atoms with E-state index in [0.29, 0.717) is 17.2 Å². The first-order valence-electron chi connectivity index (χ1n) is 6.66. The van der Waals surface area contributed by atoms with Crippen molar-refractivity contribution in [3.8, 4) is 23.2 Å². The summed E-state index contributed by atoms with van der Waals surface area (Å²) in [4.78, 5) is 23.5. The van der Waals surface area contributed by atoms with E-state index < -0.39 is 0 Å². The number of carbonyl (C=O) groups excluding carboxylic acids is 1. The topological polar surface area (TPSA) is 147 Å². The van der Waals surface area contributed by atoms with Gasteiger partial charge in [0, 0.05) is 12.4 Å². The zero-order valence-electron chi connectivity index (χ0n) is 12.3. The molecule has 0 saturated heterocycles. The van der Waals surface area contributed by atoms with Gasteiger partial charge in [-0.1, -0.05) is 0 Å². The number of carbonyl (C=O) groups is 1. The molecule has 3 heterocycles. The van der Waals surface area contributed by atoms with Gasteiger partial charge in [-0.2, -0.15) is 0 Å². The van der Waals surface area contributed by atoms with E-state index >= 15 is 0 Å². The number of nitrogens with zero attached hydrogens (tertiary/aromatic N) is 7. The Balaban J connectivity index is 0.00000208. The van der Waals surface area contributed by atoms with Gasteiger partial charge in [-0.15, -0.1) is 20.4 Å². The van der Waals surface area contributed by atoms with Gasteiger partial charge in [0.05, 0.1) is 11.9 Å². The lowest BCUT2D eigenvalue weighted by atomic mass is 10.3. The molecule has 0 fully saturated rings.